The molecule has 0 unspecified atom stereocenters. The third kappa shape index (κ3) is 5.54. The van der Waals surface area contributed by atoms with Crippen LogP contribution in [0, 0.1) is 12.3 Å². The van der Waals surface area contributed by atoms with Gasteiger partial charge in [-0.3, -0.25) is 10.2 Å². The van der Waals surface area contributed by atoms with E-state index in [2.05, 4.69) is 10.1 Å². The maximum absolute atomic E-state index is 12.4. The molecule has 0 aliphatic carbocycles. The molecule has 9 nitrogen and oxygen atoms in total. The summed E-state index contributed by atoms with van der Waals surface area (Å²) >= 11 is 0.753. The lowest BCUT2D eigenvalue weighted by molar-refractivity contribution is -0.114. The molecule has 1 amide bonds. The van der Waals surface area contributed by atoms with Gasteiger partial charge in [-0.05, 0) is 60.2 Å². The van der Waals surface area contributed by atoms with Crippen LogP contribution in [0.15, 0.2) is 64.2 Å². The molecule has 0 saturated carbocycles. The molecule has 2 aliphatic heterocycles. The maximum Gasteiger partial charge on any atom is 0.283 e. The average molecular weight is 499 g/mol. The van der Waals surface area contributed by atoms with Crippen molar-refractivity contribution in [3.05, 3.63) is 65.2 Å². The van der Waals surface area contributed by atoms with Crippen molar-refractivity contribution < 1.29 is 22.7 Å². The van der Waals surface area contributed by atoms with Crippen molar-refractivity contribution >= 4 is 49.0 Å². The van der Waals surface area contributed by atoms with Gasteiger partial charge < -0.3 is 9.47 Å². The van der Waals surface area contributed by atoms with Gasteiger partial charge in [-0.15, -0.1) is 5.10 Å². The summed E-state index contributed by atoms with van der Waals surface area (Å²) in [6.07, 6.45) is 3.25. The quantitative estimate of drug-likeness (QED) is 0.458. The second kappa shape index (κ2) is 9.82. The maximum atomic E-state index is 12.4. The van der Waals surface area contributed by atoms with Gasteiger partial charge >= 0.3 is 0 Å². The number of nitrogens with one attached hydrogen (secondary N) is 1. The van der Waals surface area contributed by atoms with Crippen LogP contribution in [-0.4, -0.2) is 54.2 Å². The number of benzene rings is 2. The molecule has 176 valence electrons. The highest BCUT2D eigenvalue weighted by Crippen LogP contribution is 2.30. The zero-order valence-corrected chi connectivity index (χ0v) is 20.1. The molecule has 0 saturated heterocycles. The van der Waals surface area contributed by atoms with Gasteiger partial charge in [0.2, 0.25) is 19.4 Å². The Morgan fingerprint density at radius 2 is 1.79 bits per heavy atom. The lowest BCUT2D eigenvalue weighted by atomic mass is 10.1. The van der Waals surface area contributed by atoms with E-state index in [1.807, 2.05) is 31.2 Å². The van der Waals surface area contributed by atoms with Gasteiger partial charge in [0.25, 0.3) is 5.91 Å². The molecule has 2 aromatic carbocycles. The summed E-state index contributed by atoms with van der Waals surface area (Å²) < 4.78 is 34.7. The Morgan fingerprint density at radius 1 is 1.09 bits per heavy atom. The molecule has 0 fully saturated rings. The summed E-state index contributed by atoms with van der Waals surface area (Å²) in [6, 6.07) is 14.9. The second-order valence-electron chi connectivity index (χ2n) is 7.59. The Labute approximate surface area is 201 Å². The highest BCUT2D eigenvalue weighted by molar-refractivity contribution is 8.42. The van der Waals surface area contributed by atoms with E-state index in [-0.39, 0.29) is 21.0 Å². The number of rotatable bonds is 7. The van der Waals surface area contributed by atoms with Crippen LogP contribution in [0.3, 0.4) is 0 Å². The van der Waals surface area contributed by atoms with Crippen LogP contribution in [0.1, 0.15) is 17.5 Å². The molecule has 2 aliphatic rings. The van der Waals surface area contributed by atoms with Crippen molar-refractivity contribution in [3.8, 4) is 11.5 Å². The molecule has 2 aromatic rings. The topological polar surface area (TPSA) is 121 Å². The van der Waals surface area contributed by atoms with Crippen molar-refractivity contribution in [2.75, 3.05) is 19.5 Å². The number of carbonyl (C=O) groups excluding carboxylic acids is 1. The van der Waals surface area contributed by atoms with Crippen LogP contribution < -0.4 is 9.47 Å². The standard InChI is InChI=1S/C23H22N4O5S2/c1-15-5-3-6-18(13-15)32-12-4-11-31-17-9-7-16(8-10-17)14-19-20(24)27-22(25-21(19)28)33-23(26-27)34(2,29)30/h3,5-10,13-14,24H,4,11-12H2,1-2H3/b19-14-,24-20?. The van der Waals surface area contributed by atoms with Crippen molar-refractivity contribution in [1.29, 1.82) is 5.41 Å². The van der Waals surface area contributed by atoms with Crippen LogP contribution in [0.25, 0.3) is 6.08 Å². The highest BCUT2D eigenvalue weighted by Gasteiger charge is 2.38. The van der Waals surface area contributed by atoms with E-state index >= 15 is 0 Å². The molecule has 34 heavy (non-hydrogen) atoms. The van der Waals surface area contributed by atoms with Gasteiger partial charge in [0.05, 0.1) is 18.8 Å². The van der Waals surface area contributed by atoms with Crippen LogP contribution in [0.5, 0.6) is 11.5 Å². The number of amides is 1. The molecular formula is C23H22N4O5S2. The Hall–Kier alpha value is -3.44. The van der Waals surface area contributed by atoms with Crippen LogP contribution in [-0.2, 0) is 14.6 Å². The van der Waals surface area contributed by atoms with Gasteiger partial charge in [0.15, 0.2) is 5.84 Å². The van der Waals surface area contributed by atoms with Crippen molar-refractivity contribution in [2.24, 2.45) is 10.1 Å². The number of thioether (sulfide) groups is 1. The number of amidine groups is 2. The predicted octanol–water partition coefficient (Wildman–Crippen LogP) is 3.46. The third-order valence-electron chi connectivity index (χ3n) is 4.76. The smallest absolute Gasteiger partial charge is 0.283 e. The molecule has 0 radical (unpaired) electrons. The number of aliphatic imine (C=N–C) groups is 1. The molecule has 0 atom stereocenters. The molecule has 0 aromatic heterocycles. The number of hydrogen-bond donors (Lipinski definition) is 1. The van der Waals surface area contributed by atoms with E-state index in [1.54, 1.807) is 24.3 Å². The summed E-state index contributed by atoms with van der Waals surface area (Å²) in [4.78, 5) is 16.3. The number of sulfone groups is 1. The lowest BCUT2D eigenvalue weighted by Crippen LogP contribution is -2.35. The van der Waals surface area contributed by atoms with E-state index < -0.39 is 15.7 Å². The number of fused-ring (bicyclic) bond motifs is 1. The Morgan fingerprint density at radius 3 is 2.47 bits per heavy atom. The first-order valence-corrected chi connectivity index (χ1v) is 13.0. The fraction of sp³-hybridized carbons (Fsp3) is 0.217. The largest absolute Gasteiger partial charge is 0.493 e. The van der Waals surface area contributed by atoms with Gasteiger partial charge in [0.1, 0.15) is 11.5 Å². The molecule has 2 heterocycles. The molecule has 0 bridgehead atoms. The molecule has 4 rings (SSSR count). The molecule has 1 N–H and O–H groups in total. The van der Waals surface area contributed by atoms with E-state index in [0.717, 1.165) is 40.8 Å². The number of nitrogens with zero attached hydrogens (tertiary/aromatic N) is 3. The van der Waals surface area contributed by atoms with E-state index in [0.29, 0.717) is 24.5 Å². The normalized spacial score (nSPS) is 16.9. The second-order valence-corrected chi connectivity index (χ2v) is 10.7. The molecule has 11 heteroatoms. The Balaban J connectivity index is 1.34. The van der Waals surface area contributed by atoms with E-state index in [9.17, 15) is 13.2 Å². The van der Waals surface area contributed by atoms with Gasteiger partial charge in [-0.2, -0.15) is 10.0 Å². The van der Waals surface area contributed by atoms with Crippen molar-refractivity contribution in [2.45, 2.75) is 13.3 Å². The van der Waals surface area contributed by atoms with E-state index in [1.165, 1.54) is 6.08 Å². The minimum atomic E-state index is -3.57. The van der Waals surface area contributed by atoms with Gasteiger partial charge in [0, 0.05) is 12.7 Å². The minimum Gasteiger partial charge on any atom is -0.493 e. The molecule has 0 spiro atoms. The summed E-state index contributed by atoms with van der Waals surface area (Å²) in [5.74, 6) is 0.654. The summed E-state index contributed by atoms with van der Waals surface area (Å²) in [7, 11) is -3.57. The van der Waals surface area contributed by atoms with E-state index in [4.69, 9.17) is 14.9 Å². The Bertz CT molecular complexity index is 1330. The van der Waals surface area contributed by atoms with Crippen molar-refractivity contribution in [1.82, 2.24) is 5.01 Å². The van der Waals surface area contributed by atoms with Crippen LogP contribution in [0.2, 0.25) is 0 Å². The summed E-state index contributed by atoms with van der Waals surface area (Å²) in [5.41, 5.74) is 1.83. The fourth-order valence-corrected chi connectivity index (χ4v) is 4.78. The monoisotopic (exact) mass is 498 g/mol. The van der Waals surface area contributed by atoms with Gasteiger partial charge in [-0.25, -0.2) is 8.42 Å². The lowest BCUT2D eigenvalue weighted by Gasteiger charge is -2.20. The number of hydrazone groups is 1. The molecular weight excluding hydrogens is 476 g/mol. The first kappa shape index (κ1) is 23.7. The zero-order valence-electron chi connectivity index (χ0n) is 18.5. The van der Waals surface area contributed by atoms with Crippen molar-refractivity contribution in [3.63, 3.8) is 0 Å². The fourth-order valence-electron chi connectivity index (χ4n) is 3.10. The number of carbonyl (C=O) groups is 1. The number of aryl methyl sites for hydroxylation is 1. The van der Waals surface area contributed by atoms with Gasteiger partial charge in [-0.1, -0.05) is 24.3 Å². The average Bonchev–Trinajstić information content (AvgIpc) is 3.22. The SMILES string of the molecule is Cc1cccc(OCCCOc2ccc(/C=C3/C(=N)N4N=C(S(C)(=O)=O)SC4=NC3=O)cc2)c1. The number of hydrogen-bond acceptors (Lipinski definition) is 8. The number of ether oxygens (including phenoxy) is 2. The summed E-state index contributed by atoms with van der Waals surface area (Å²) in [5, 5.41) is 13.3. The first-order chi connectivity index (χ1) is 16.2. The van der Waals surface area contributed by atoms with Crippen LogP contribution >= 0.6 is 11.8 Å². The summed E-state index contributed by atoms with van der Waals surface area (Å²) in [6.45, 7) is 3.04. The highest BCUT2D eigenvalue weighted by atomic mass is 32.3. The Kier molecular flexibility index (Phi) is 6.85. The zero-order chi connectivity index (χ0) is 24.3. The predicted molar refractivity (Wildman–Crippen MR) is 133 cm³/mol. The minimum absolute atomic E-state index is 0.0183. The first-order valence-electron chi connectivity index (χ1n) is 10.3. The van der Waals surface area contributed by atoms with Crippen LogP contribution in [0.4, 0.5) is 0 Å². The third-order valence-corrected chi connectivity index (χ3v) is 7.34.